The first-order valence-corrected chi connectivity index (χ1v) is 36.0. The van der Waals surface area contributed by atoms with Crippen molar-refractivity contribution in [2.45, 2.75) is 14.6 Å². The predicted molar refractivity (Wildman–Crippen MR) is 452 cm³/mol. The molecule has 0 aromatic heterocycles. The van der Waals surface area contributed by atoms with Crippen LogP contribution in [0.1, 0.15) is 33.4 Å². The van der Waals surface area contributed by atoms with Gasteiger partial charge in [0.2, 0.25) is 0 Å². The van der Waals surface area contributed by atoms with Crippen molar-refractivity contribution >= 4 is 167 Å². The second-order valence-corrected chi connectivity index (χ2v) is 29.8. The van der Waals surface area contributed by atoms with E-state index in [2.05, 4.69) is 187 Å². The minimum absolute atomic E-state index is 0. The van der Waals surface area contributed by atoms with Crippen LogP contribution in [-0.2, 0) is 14.6 Å². The van der Waals surface area contributed by atoms with E-state index in [-0.39, 0.29) is 61.3 Å². The molecule has 16 aromatic carbocycles. The number of nitro groups is 3. The molecule has 0 unspecified atom stereocenters. The summed E-state index contributed by atoms with van der Waals surface area (Å²) in [5.41, 5.74) is 33.6. The molecule has 2 radical (unpaired) electrons. The molecule has 526 valence electrons. The molecule has 3 aliphatic rings. The van der Waals surface area contributed by atoms with Crippen LogP contribution < -0.4 is 38.5 Å². The number of hydrogen-bond acceptors (Lipinski definition) is 13. The third kappa shape index (κ3) is 12.9. The molecule has 0 fully saturated rings. The van der Waals surface area contributed by atoms with Crippen LogP contribution in [0.5, 0.6) is 0 Å². The van der Waals surface area contributed by atoms with E-state index < -0.39 is 26.1 Å². The van der Waals surface area contributed by atoms with Gasteiger partial charge >= 0.3 is 23.9 Å². The number of alkyl halides is 2. The Kier molecular flexibility index (Phi) is 19.1. The summed E-state index contributed by atoms with van der Waals surface area (Å²) in [7, 11) is 0. The van der Waals surface area contributed by atoms with Crippen LogP contribution in [0.4, 0.5) is 56.9 Å². The topological polar surface area (TPSA) is 256 Å². The number of nitrogens with zero attached hydrogens (tertiary/aromatic N) is 3. The zero-order valence-electron chi connectivity index (χ0n) is 57.7. The summed E-state index contributed by atoms with van der Waals surface area (Å²) in [6.07, 6.45) is 0. The first kappa shape index (κ1) is 71.0. The van der Waals surface area contributed by atoms with Crippen molar-refractivity contribution in [3.8, 4) is 33.4 Å². The Morgan fingerprint density at radius 1 is 0.250 bits per heavy atom. The second kappa shape index (κ2) is 29.0. The Labute approximate surface area is 653 Å². The molecule has 0 heterocycles. The van der Waals surface area contributed by atoms with Crippen molar-refractivity contribution in [3.05, 3.63) is 391 Å². The van der Waals surface area contributed by atoms with E-state index in [4.69, 9.17) is 17.2 Å². The number of anilines is 7. The molecule has 16 nitrogen and oxygen atoms in total. The average molecular weight is 1650 g/mol. The number of rotatable bonds is 11. The van der Waals surface area contributed by atoms with E-state index in [0.717, 1.165) is 98.6 Å². The predicted octanol–water partition coefficient (Wildman–Crippen LogP) is 21.9. The number of fused-ring (bicyclic) bond motifs is 14. The monoisotopic (exact) mass is 1650 g/mol. The fourth-order valence-electron chi connectivity index (χ4n) is 15.1. The summed E-state index contributed by atoms with van der Waals surface area (Å²) >= 11 is 7.51. The average Bonchev–Trinajstić information content (AvgIpc) is 1.56. The Bertz CT molecular complexity index is 5970. The zero-order valence-corrected chi connectivity index (χ0v) is 64.9. The van der Waals surface area contributed by atoms with Gasteiger partial charge in [0.1, 0.15) is 20.3 Å². The molecule has 0 aliphatic heterocycles. The van der Waals surface area contributed by atoms with E-state index in [0.29, 0.717) is 11.4 Å². The molecule has 0 saturated heterocycles. The van der Waals surface area contributed by atoms with Gasteiger partial charge in [-0.15, -0.1) is 0 Å². The van der Waals surface area contributed by atoms with Crippen LogP contribution in [-0.4, -0.2) is 38.7 Å². The number of halogens is 2. The molecule has 0 spiro atoms. The van der Waals surface area contributed by atoms with Gasteiger partial charge in [0.25, 0.3) is 17.1 Å². The first-order chi connectivity index (χ1) is 52.0. The van der Waals surface area contributed by atoms with Gasteiger partial charge in [0, 0.05) is 40.5 Å². The molecule has 19 rings (SSSR count). The van der Waals surface area contributed by atoms with Crippen LogP contribution >= 0.6 is 31.9 Å². The zero-order chi connectivity index (χ0) is 73.7. The van der Waals surface area contributed by atoms with Crippen LogP contribution in [0.3, 0.4) is 0 Å². The fraction of sp³-hybridized carbons (Fsp3) is 0.0337. The number of nitrogen functional groups attached to an aromatic ring is 3. The third-order valence-electron chi connectivity index (χ3n) is 20.1. The van der Waals surface area contributed by atoms with Gasteiger partial charge in [-0.25, -0.2) is 0 Å². The summed E-state index contributed by atoms with van der Waals surface area (Å²) in [5.74, 6) is 0. The van der Waals surface area contributed by atoms with E-state index in [9.17, 15) is 30.3 Å². The Hall–Kier alpha value is -12.6. The summed E-state index contributed by atoms with van der Waals surface area (Å²) in [6, 6.07) is 106. The van der Waals surface area contributed by atoms with E-state index >= 15 is 0 Å². The standard InChI is InChI=1S/C33H22N4O4.C33H26N4.C13H8Br2.C10H8N2O2.Sn.2H/c38-36(39)31-19-23-11-3-1-9-21(23)17-29(31)34-33(27-15-7-5-13-25(27)26-14-6-8-16-28(26)33)35-30-18-22-10-2-4-12-24(22)20-32(30)37(40)41;34-29-17-21-9-1-3-11-23(21)19-31(29)36-33(37-32-20-24-12-4-2-10-22(24)18-30(32)35)27-15-7-5-13-25(27)26-14-6-8-16-28(26)33;14-13(15)11-7-3-1-5-9(11)10-6-2-4-8-12(10)13;11-9-5-7-3-1-2-4-8(7)6-10(9)12(13)14;;;/h1-20,34-35H;1-20,36-37H,34-35H2;1-8H;1-6H,11H2;;;. The van der Waals surface area contributed by atoms with Crippen LogP contribution in [0.25, 0.3) is 87.2 Å². The van der Waals surface area contributed by atoms with Gasteiger partial charge < -0.3 is 38.5 Å². The third-order valence-corrected chi connectivity index (χ3v) is 21.8. The number of benzene rings is 16. The normalized spacial score (nSPS) is 13.0. The fourth-order valence-corrected chi connectivity index (χ4v) is 16.5. The van der Waals surface area contributed by atoms with Gasteiger partial charge in [-0.05, 0) is 141 Å². The van der Waals surface area contributed by atoms with Crippen LogP contribution in [0.2, 0.25) is 0 Å². The Morgan fingerprint density at radius 3 is 0.722 bits per heavy atom. The summed E-state index contributed by atoms with van der Waals surface area (Å²) in [6.45, 7) is 0. The SMILES string of the molecule is BrC1(Br)c2ccccc2-c2ccccc21.Nc1cc2ccccc2cc1NC1(Nc2cc3ccccc3cc2N)c2ccccc2-c2ccccc21.Nc1cc2ccccc2cc1[N+](=O)[O-].O=[N+]([O-])c1cc2ccccc2cc1NC1(Nc2cc3ccccc3cc2[N+](=O)[O-])c2ccccc2-c2ccccc21.[SnH2]. The quantitative estimate of drug-likeness (QED) is 0.0159. The molecule has 10 N–H and O–H groups in total. The van der Waals surface area contributed by atoms with E-state index in [1.54, 1.807) is 30.3 Å². The Morgan fingerprint density at radius 2 is 0.444 bits per heavy atom. The van der Waals surface area contributed by atoms with Gasteiger partial charge in [-0.2, -0.15) is 0 Å². The number of nitrogens with two attached hydrogens (primary N) is 3. The van der Waals surface area contributed by atoms with E-state index in [1.807, 2.05) is 158 Å². The summed E-state index contributed by atoms with van der Waals surface area (Å²) < 4.78 is -0.215. The number of nitrogens with one attached hydrogen (secondary N) is 4. The molecule has 3 aliphatic carbocycles. The van der Waals surface area contributed by atoms with Gasteiger partial charge in [-0.3, -0.25) is 30.3 Å². The summed E-state index contributed by atoms with van der Waals surface area (Å²) in [5, 5.41) is 59.3. The van der Waals surface area contributed by atoms with Gasteiger partial charge in [-0.1, -0.05) is 299 Å². The van der Waals surface area contributed by atoms with Gasteiger partial charge in [0.05, 0.1) is 37.5 Å². The molecule has 0 bridgehead atoms. The maximum atomic E-state index is 12.3. The van der Waals surface area contributed by atoms with Gasteiger partial charge in [0.15, 0.2) is 11.3 Å². The molecule has 0 saturated carbocycles. The van der Waals surface area contributed by atoms with Crippen molar-refractivity contribution in [2.75, 3.05) is 38.5 Å². The molecule has 108 heavy (non-hydrogen) atoms. The maximum absolute atomic E-state index is 12.3. The molecule has 0 amide bonds. The van der Waals surface area contributed by atoms with Crippen molar-refractivity contribution in [2.24, 2.45) is 0 Å². The van der Waals surface area contributed by atoms with E-state index in [1.165, 1.54) is 39.4 Å². The Balaban J connectivity index is 0.000000126. The second-order valence-electron chi connectivity index (χ2n) is 26.4. The molecular weight excluding hydrogens is 1580 g/mol. The molecular formula is C89H66Br2N10O6Sn. The van der Waals surface area contributed by atoms with Crippen LogP contribution in [0.15, 0.2) is 328 Å². The number of nitro benzene ring substituents is 3. The number of hydrogen-bond donors (Lipinski definition) is 7. The minimum atomic E-state index is -1.27. The van der Waals surface area contributed by atoms with Crippen LogP contribution in [0, 0.1) is 30.3 Å². The van der Waals surface area contributed by atoms with Crippen molar-refractivity contribution in [1.82, 2.24) is 0 Å². The molecule has 16 aromatic rings. The summed E-state index contributed by atoms with van der Waals surface area (Å²) in [4.78, 5) is 34.0. The molecule has 19 heteroatoms. The molecule has 0 atom stereocenters. The van der Waals surface area contributed by atoms with Crippen molar-refractivity contribution < 1.29 is 14.8 Å². The first-order valence-electron chi connectivity index (χ1n) is 34.4. The van der Waals surface area contributed by atoms with Crippen molar-refractivity contribution in [3.63, 3.8) is 0 Å². The van der Waals surface area contributed by atoms with Crippen molar-refractivity contribution in [1.29, 1.82) is 0 Å².